The molecule has 4 aromatic rings. The maximum absolute atomic E-state index is 13.3. The molecule has 0 aliphatic rings. The SMILES string of the molecule is Cc1ccc(C)c(S(=O)(=O)Oc2ccc(C(=O)N(Cc3nnc(-c4ccccc4Cl)o3)C(C)C)cc2)c1. The summed E-state index contributed by atoms with van der Waals surface area (Å²) >= 11 is 6.22. The Morgan fingerprint density at radius 3 is 2.41 bits per heavy atom. The van der Waals surface area contributed by atoms with Gasteiger partial charge in [-0.15, -0.1) is 10.2 Å². The standard InChI is InChI=1S/C27H26ClN3O5S/c1-17(2)31(16-25-29-30-26(35-25)22-7-5-6-8-23(22)28)27(32)20-11-13-21(14-12-20)36-37(33,34)24-15-18(3)9-10-19(24)4/h5-15,17H,16H2,1-4H3. The van der Waals surface area contributed by atoms with E-state index in [1.165, 1.54) is 24.3 Å². The van der Waals surface area contributed by atoms with E-state index in [1.807, 2.05) is 32.9 Å². The summed E-state index contributed by atoms with van der Waals surface area (Å²) < 4.78 is 36.7. The molecule has 0 spiro atoms. The average Bonchev–Trinajstić information content (AvgIpc) is 3.32. The zero-order valence-electron chi connectivity index (χ0n) is 20.8. The Kier molecular flexibility index (Phi) is 7.65. The fraction of sp³-hybridized carbons (Fsp3) is 0.222. The summed E-state index contributed by atoms with van der Waals surface area (Å²) in [7, 11) is -4.03. The molecule has 1 aromatic heterocycles. The lowest BCUT2D eigenvalue weighted by Gasteiger charge is -2.25. The summed E-state index contributed by atoms with van der Waals surface area (Å²) in [5.74, 6) is 0.353. The third-order valence-corrected chi connectivity index (χ3v) is 7.40. The molecule has 0 atom stereocenters. The maximum Gasteiger partial charge on any atom is 0.339 e. The minimum atomic E-state index is -4.03. The van der Waals surface area contributed by atoms with Crippen LogP contribution in [0.15, 0.2) is 76.0 Å². The minimum Gasteiger partial charge on any atom is -0.419 e. The molecule has 4 rings (SSSR count). The number of hydrogen-bond acceptors (Lipinski definition) is 7. The van der Waals surface area contributed by atoms with Gasteiger partial charge in [0.1, 0.15) is 10.6 Å². The van der Waals surface area contributed by atoms with Crippen molar-refractivity contribution in [1.29, 1.82) is 0 Å². The number of aryl methyl sites for hydroxylation is 2. The molecule has 1 amide bonds. The van der Waals surface area contributed by atoms with Crippen LogP contribution < -0.4 is 4.18 Å². The van der Waals surface area contributed by atoms with Crippen LogP contribution in [0.25, 0.3) is 11.5 Å². The lowest BCUT2D eigenvalue weighted by Crippen LogP contribution is -2.36. The Morgan fingerprint density at radius 1 is 1.03 bits per heavy atom. The predicted molar refractivity (Wildman–Crippen MR) is 140 cm³/mol. The third-order valence-electron chi connectivity index (χ3n) is 5.68. The number of amides is 1. The van der Waals surface area contributed by atoms with E-state index in [-0.39, 0.29) is 40.9 Å². The maximum atomic E-state index is 13.3. The highest BCUT2D eigenvalue weighted by atomic mass is 35.5. The number of aromatic nitrogens is 2. The van der Waals surface area contributed by atoms with Crippen LogP contribution in [0.5, 0.6) is 5.75 Å². The van der Waals surface area contributed by atoms with E-state index in [0.29, 0.717) is 21.7 Å². The van der Waals surface area contributed by atoms with Crippen molar-refractivity contribution in [2.45, 2.75) is 45.2 Å². The van der Waals surface area contributed by atoms with Crippen molar-refractivity contribution in [2.24, 2.45) is 0 Å². The molecule has 37 heavy (non-hydrogen) atoms. The zero-order valence-corrected chi connectivity index (χ0v) is 22.4. The van der Waals surface area contributed by atoms with Crippen molar-refractivity contribution in [1.82, 2.24) is 15.1 Å². The fourth-order valence-corrected chi connectivity index (χ4v) is 5.13. The highest BCUT2D eigenvalue weighted by Gasteiger charge is 2.24. The summed E-state index contributed by atoms with van der Waals surface area (Å²) in [6.07, 6.45) is 0. The second-order valence-corrected chi connectivity index (χ2v) is 10.8. The van der Waals surface area contributed by atoms with Crippen LogP contribution in [0.2, 0.25) is 5.02 Å². The van der Waals surface area contributed by atoms with Crippen LogP contribution in [0, 0.1) is 13.8 Å². The Balaban J connectivity index is 1.50. The Bertz CT molecular complexity index is 1530. The molecule has 192 valence electrons. The van der Waals surface area contributed by atoms with Gasteiger partial charge in [-0.3, -0.25) is 4.79 Å². The highest BCUT2D eigenvalue weighted by Crippen LogP contribution is 2.27. The molecule has 0 fully saturated rings. The number of halogens is 1. The van der Waals surface area contributed by atoms with Gasteiger partial charge in [0.05, 0.1) is 17.1 Å². The largest absolute Gasteiger partial charge is 0.419 e. The molecule has 10 heteroatoms. The van der Waals surface area contributed by atoms with Crippen LogP contribution in [-0.4, -0.2) is 35.5 Å². The van der Waals surface area contributed by atoms with Gasteiger partial charge < -0.3 is 13.5 Å². The van der Waals surface area contributed by atoms with E-state index in [9.17, 15) is 13.2 Å². The van der Waals surface area contributed by atoms with E-state index in [1.54, 1.807) is 42.2 Å². The molecule has 1 heterocycles. The van der Waals surface area contributed by atoms with Crippen molar-refractivity contribution in [3.05, 3.63) is 94.3 Å². The number of benzene rings is 3. The number of hydrogen-bond donors (Lipinski definition) is 0. The Morgan fingerprint density at radius 2 is 1.73 bits per heavy atom. The van der Waals surface area contributed by atoms with E-state index in [2.05, 4.69) is 10.2 Å². The quantitative estimate of drug-likeness (QED) is 0.260. The van der Waals surface area contributed by atoms with Crippen LogP contribution >= 0.6 is 11.6 Å². The third kappa shape index (κ3) is 6.00. The first-order chi connectivity index (χ1) is 17.5. The molecule has 0 unspecified atom stereocenters. The van der Waals surface area contributed by atoms with Crippen molar-refractivity contribution in [3.63, 3.8) is 0 Å². The molecular weight excluding hydrogens is 514 g/mol. The molecule has 0 N–H and O–H groups in total. The summed E-state index contributed by atoms with van der Waals surface area (Å²) in [6, 6.07) is 18.0. The van der Waals surface area contributed by atoms with Gasteiger partial charge in [0.15, 0.2) is 0 Å². The van der Waals surface area contributed by atoms with E-state index in [0.717, 1.165) is 5.56 Å². The van der Waals surface area contributed by atoms with Gasteiger partial charge in [0.2, 0.25) is 11.8 Å². The summed E-state index contributed by atoms with van der Waals surface area (Å²) in [5.41, 5.74) is 2.36. The lowest BCUT2D eigenvalue weighted by atomic mass is 10.1. The topological polar surface area (TPSA) is 103 Å². The van der Waals surface area contributed by atoms with Crippen molar-refractivity contribution < 1.29 is 21.8 Å². The first-order valence-corrected chi connectivity index (χ1v) is 13.3. The zero-order chi connectivity index (χ0) is 26.7. The van der Waals surface area contributed by atoms with Gasteiger partial charge in [-0.1, -0.05) is 35.9 Å². The van der Waals surface area contributed by atoms with Crippen LogP contribution in [0.4, 0.5) is 0 Å². The molecule has 3 aromatic carbocycles. The van der Waals surface area contributed by atoms with E-state index in [4.69, 9.17) is 20.2 Å². The Hall–Kier alpha value is -3.69. The van der Waals surface area contributed by atoms with Gasteiger partial charge in [0.25, 0.3) is 5.91 Å². The minimum absolute atomic E-state index is 0.0905. The first-order valence-electron chi connectivity index (χ1n) is 11.5. The van der Waals surface area contributed by atoms with E-state index >= 15 is 0 Å². The fourth-order valence-electron chi connectivity index (χ4n) is 3.66. The molecule has 0 aliphatic carbocycles. The summed E-state index contributed by atoms with van der Waals surface area (Å²) in [5, 5.41) is 8.62. The second-order valence-electron chi connectivity index (χ2n) is 8.84. The lowest BCUT2D eigenvalue weighted by molar-refractivity contribution is 0.0672. The van der Waals surface area contributed by atoms with Crippen LogP contribution in [-0.2, 0) is 16.7 Å². The molecule has 0 aliphatic heterocycles. The first kappa shape index (κ1) is 26.4. The second kappa shape index (κ2) is 10.7. The highest BCUT2D eigenvalue weighted by molar-refractivity contribution is 7.87. The van der Waals surface area contributed by atoms with Gasteiger partial charge in [-0.2, -0.15) is 8.42 Å². The molecule has 0 saturated heterocycles. The van der Waals surface area contributed by atoms with E-state index < -0.39 is 10.1 Å². The molecular formula is C27H26ClN3O5S. The molecule has 8 nitrogen and oxygen atoms in total. The smallest absolute Gasteiger partial charge is 0.339 e. The average molecular weight is 540 g/mol. The van der Waals surface area contributed by atoms with Gasteiger partial charge in [-0.25, -0.2) is 0 Å². The van der Waals surface area contributed by atoms with Gasteiger partial charge in [-0.05, 0) is 81.3 Å². The van der Waals surface area contributed by atoms with Crippen molar-refractivity contribution in [3.8, 4) is 17.2 Å². The monoisotopic (exact) mass is 539 g/mol. The number of carbonyl (C=O) groups is 1. The predicted octanol–water partition coefficient (Wildman–Crippen LogP) is 5.83. The normalized spacial score (nSPS) is 11.5. The van der Waals surface area contributed by atoms with Gasteiger partial charge >= 0.3 is 10.1 Å². The number of nitrogens with zero attached hydrogens (tertiary/aromatic N) is 3. The number of carbonyl (C=O) groups excluding carboxylic acids is 1. The van der Waals surface area contributed by atoms with Crippen molar-refractivity contribution >= 4 is 27.6 Å². The molecule has 0 saturated carbocycles. The van der Waals surface area contributed by atoms with Gasteiger partial charge in [0, 0.05) is 11.6 Å². The molecule has 0 bridgehead atoms. The van der Waals surface area contributed by atoms with Crippen LogP contribution in [0.3, 0.4) is 0 Å². The number of rotatable bonds is 8. The summed E-state index contributed by atoms with van der Waals surface area (Å²) in [6.45, 7) is 7.35. The van der Waals surface area contributed by atoms with Crippen LogP contribution in [0.1, 0.15) is 41.2 Å². The Labute approximate surface area is 221 Å². The summed E-state index contributed by atoms with van der Waals surface area (Å²) in [4.78, 5) is 15.0. The van der Waals surface area contributed by atoms with Crippen molar-refractivity contribution in [2.75, 3.05) is 0 Å². The molecule has 0 radical (unpaired) electrons.